The first kappa shape index (κ1) is 6.21. The van der Waals surface area contributed by atoms with Gasteiger partial charge in [-0.15, -0.1) is 0 Å². The fourth-order valence-corrected chi connectivity index (χ4v) is 0.626. The Morgan fingerprint density at radius 1 is 1.22 bits per heavy atom. The topological polar surface area (TPSA) is 9.23 Å². The molecule has 0 aliphatic carbocycles. The standard InChI is InChI=1S/C7H8BO/c1-6-2-4-7(9-8)5-3-6/h2-5H,1,8H2. The largest absolute Gasteiger partial charge is 0.568 e. The summed E-state index contributed by atoms with van der Waals surface area (Å²) >= 11 is 0. The first-order chi connectivity index (χ1) is 4.33. The van der Waals surface area contributed by atoms with Crippen molar-refractivity contribution in [1.82, 2.24) is 0 Å². The lowest BCUT2D eigenvalue weighted by Gasteiger charge is -1.98. The summed E-state index contributed by atoms with van der Waals surface area (Å²) in [5.41, 5.74) is 1.01. The lowest BCUT2D eigenvalue weighted by molar-refractivity contribution is 0.616. The third-order valence-electron chi connectivity index (χ3n) is 1.16. The van der Waals surface area contributed by atoms with E-state index in [1.165, 1.54) is 0 Å². The number of rotatable bonds is 1. The second-order valence-electron chi connectivity index (χ2n) is 1.85. The van der Waals surface area contributed by atoms with Crippen LogP contribution in [0, 0.1) is 6.92 Å². The third kappa shape index (κ3) is 1.49. The van der Waals surface area contributed by atoms with Crippen molar-refractivity contribution in [3.63, 3.8) is 0 Å². The number of hydrogen-bond acceptors (Lipinski definition) is 1. The van der Waals surface area contributed by atoms with E-state index < -0.39 is 0 Å². The number of hydrogen-bond donors (Lipinski definition) is 0. The molecule has 0 saturated heterocycles. The fraction of sp³-hybridized carbons (Fsp3) is 0. The molecule has 1 aromatic rings. The molecule has 1 aromatic carbocycles. The Hall–Kier alpha value is -0.915. The summed E-state index contributed by atoms with van der Waals surface area (Å²) in [7, 11) is 1.65. The van der Waals surface area contributed by atoms with Gasteiger partial charge in [-0.2, -0.15) is 0 Å². The maximum absolute atomic E-state index is 4.94. The van der Waals surface area contributed by atoms with Gasteiger partial charge in [0.2, 0.25) is 0 Å². The first-order valence-electron chi connectivity index (χ1n) is 2.79. The minimum atomic E-state index is 0.877. The van der Waals surface area contributed by atoms with Crippen LogP contribution in [0.1, 0.15) is 5.56 Å². The second-order valence-corrected chi connectivity index (χ2v) is 1.85. The van der Waals surface area contributed by atoms with Crippen LogP contribution in [-0.4, -0.2) is 8.05 Å². The molecule has 0 N–H and O–H groups in total. The Kier molecular flexibility index (Phi) is 1.78. The lowest BCUT2D eigenvalue weighted by Crippen LogP contribution is -1.83. The maximum atomic E-state index is 4.94. The summed E-state index contributed by atoms with van der Waals surface area (Å²) in [6.07, 6.45) is 0. The molecule has 1 rings (SSSR count). The molecule has 0 amide bonds. The van der Waals surface area contributed by atoms with Crippen LogP contribution in [0.2, 0.25) is 0 Å². The van der Waals surface area contributed by atoms with E-state index in [1.807, 2.05) is 24.3 Å². The molecule has 9 heavy (non-hydrogen) atoms. The van der Waals surface area contributed by atoms with E-state index in [2.05, 4.69) is 6.92 Å². The van der Waals surface area contributed by atoms with Gasteiger partial charge < -0.3 is 4.65 Å². The molecule has 0 spiro atoms. The molecule has 0 heterocycles. The molecule has 0 fully saturated rings. The Bertz CT molecular complexity index is 181. The van der Waals surface area contributed by atoms with Crippen LogP contribution >= 0.6 is 0 Å². The van der Waals surface area contributed by atoms with Crippen LogP contribution in [0.15, 0.2) is 24.3 Å². The Labute approximate surface area is 56.1 Å². The second kappa shape index (κ2) is 2.58. The molecule has 0 saturated carbocycles. The van der Waals surface area contributed by atoms with Crippen molar-refractivity contribution < 1.29 is 4.65 Å². The SMILES string of the molecule is BOc1ccc([CH2])cc1. The van der Waals surface area contributed by atoms with E-state index in [9.17, 15) is 0 Å². The van der Waals surface area contributed by atoms with Crippen LogP contribution in [-0.2, 0) is 0 Å². The molecule has 0 bridgehead atoms. The lowest BCUT2D eigenvalue weighted by atomic mass is 10.2. The third-order valence-corrected chi connectivity index (χ3v) is 1.16. The van der Waals surface area contributed by atoms with Gasteiger partial charge in [0, 0.05) is 0 Å². The van der Waals surface area contributed by atoms with Crippen LogP contribution in [0.4, 0.5) is 0 Å². The summed E-state index contributed by atoms with van der Waals surface area (Å²) in [4.78, 5) is 0. The molecule has 2 heteroatoms. The summed E-state index contributed by atoms with van der Waals surface area (Å²) in [6, 6.07) is 7.61. The van der Waals surface area contributed by atoms with Crippen molar-refractivity contribution in [2.45, 2.75) is 0 Å². The van der Waals surface area contributed by atoms with E-state index in [4.69, 9.17) is 4.65 Å². The number of benzene rings is 1. The zero-order valence-electron chi connectivity index (χ0n) is 5.42. The molecule has 0 atom stereocenters. The van der Waals surface area contributed by atoms with Gasteiger partial charge in [0.05, 0.1) is 5.75 Å². The summed E-state index contributed by atoms with van der Waals surface area (Å²) in [5.74, 6) is 0.877. The highest BCUT2D eigenvalue weighted by atomic mass is 16.4. The van der Waals surface area contributed by atoms with E-state index >= 15 is 0 Å². The highest BCUT2D eigenvalue weighted by molar-refractivity contribution is 5.99. The minimum absolute atomic E-state index is 0.877. The van der Waals surface area contributed by atoms with Gasteiger partial charge >= 0.3 is 8.05 Å². The van der Waals surface area contributed by atoms with Gasteiger partial charge in [-0.05, 0) is 24.6 Å². The van der Waals surface area contributed by atoms with Gasteiger partial charge in [-0.3, -0.25) is 0 Å². The van der Waals surface area contributed by atoms with E-state index in [-0.39, 0.29) is 0 Å². The van der Waals surface area contributed by atoms with Gasteiger partial charge in [0.1, 0.15) is 0 Å². The van der Waals surface area contributed by atoms with Crippen molar-refractivity contribution in [2.75, 3.05) is 0 Å². The van der Waals surface area contributed by atoms with Crippen LogP contribution < -0.4 is 4.65 Å². The fourth-order valence-electron chi connectivity index (χ4n) is 0.626. The van der Waals surface area contributed by atoms with Crippen LogP contribution in [0.5, 0.6) is 5.75 Å². The molecule has 1 nitrogen and oxygen atoms in total. The summed E-state index contributed by atoms with van der Waals surface area (Å²) in [5, 5.41) is 0. The zero-order chi connectivity index (χ0) is 6.69. The van der Waals surface area contributed by atoms with Gasteiger partial charge in [-0.25, -0.2) is 0 Å². The van der Waals surface area contributed by atoms with Gasteiger partial charge in [-0.1, -0.05) is 12.1 Å². The van der Waals surface area contributed by atoms with Gasteiger partial charge in [0.25, 0.3) is 0 Å². The van der Waals surface area contributed by atoms with E-state index in [1.54, 1.807) is 8.05 Å². The Morgan fingerprint density at radius 3 is 2.22 bits per heavy atom. The van der Waals surface area contributed by atoms with Crippen LogP contribution in [0.25, 0.3) is 0 Å². The predicted molar refractivity (Wildman–Crippen MR) is 40.1 cm³/mol. The molecule has 0 aromatic heterocycles. The zero-order valence-corrected chi connectivity index (χ0v) is 5.42. The molecular formula is C7H8BO. The van der Waals surface area contributed by atoms with Crippen molar-refractivity contribution in [2.24, 2.45) is 0 Å². The average molecular weight is 119 g/mol. The van der Waals surface area contributed by atoms with Crippen molar-refractivity contribution >= 4 is 8.05 Å². The van der Waals surface area contributed by atoms with E-state index in [0.717, 1.165) is 11.3 Å². The normalized spacial score (nSPS) is 9.00. The van der Waals surface area contributed by atoms with Gasteiger partial charge in [0.15, 0.2) is 0 Å². The highest BCUT2D eigenvalue weighted by Crippen LogP contribution is 2.09. The average Bonchev–Trinajstić information content (AvgIpc) is 1.90. The summed E-state index contributed by atoms with van der Waals surface area (Å²) < 4.78 is 4.94. The highest BCUT2D eigenvalue weighted by Gasteiger charge is 1.85. The molecule has 0 aliphatic heterocycles. The predicted octanol–water partition coefficient (Wildman–Crippen LogP) is 0.796. The molecule has 0 aliphatic rings. The molecule has 1 radical (unpaired) electrons. The van der Waals surface area contributed by atoms with Crippen molar-refractivity contribution in [3.8, 4) is 5.75 Å². The van der Waals surface area contributed by atoms with Crippen molar-refractivity contribution in [3.05, 3.63) is 36.8 Å². The van der Waals surface area contributed by atoms with Crippen LogP contribution in [0.3, 0.4) is 0 Å². The quantitative estimate of drug-likeness (QED) is 0.496. The smallest absolute Gasteiger partial charge is 0.322 e. The first-order valence-corrected chi connectivity index (χ1v) is 2.79. The van der Waals surface area contributed by atoms with E-state index in [0.29, 0.717) is 0 Å². The Balaban J connectivity index is 2.88. The maximum Gasteiger partial charge on any atom is 0.322 e. The molecular weight excluding hydrogens is 111 g/mol. The molecule has 0 unspecified atom stereocenters. The minimum Gasteiger partial charge on any atom is -0.568 e. The summed E-state index contributed by atoms with van der Waals surface area (Å²) in [6.45, 7) is 3.74. The van der Waals surface area contributed by atoms with Crippen molar-refractivity contribution in [1.29, 1.82) is 0 Å². The Morgan fingerprint density at radius 2 is 1.78 bits per heavy atom. The monoisotopic (exact) mass is 119 g/mol. The molecule has 45 valence electrons.